The van der Waals surface area contributed by atoms with Gasteiger partial charge in [-0.3, -0.25) is 4.55 Å². The molecule has 5 unspecified atom stereocenters. The molecule has 4 aliphatic rings. The first kappa shape index (κ1) is 26.8. The molecular formula is C26H47NO6S. The summed E-state index contributed by atoms with van der Waals surface area (Å²) in [5, 5.41) is 36.0. The van der Waals surface area contributed by atoms with Crippen molar-refractivity contribution in [3.05, 3.63) is 0 Å². The quantitative estimate of drug-likeness (QED) is 0.256. The molecule has 0 saturated heterocycles. The van der Waals surface area contributed by atoms with Crippen LogP contribution in [0.15, 0.2) is 0 Å². The number of nitrogens with one attached hydrogen (secondary N) is 1. The van der Waals surface area contributed by atoms with E-state index in [0.29, 0.717) is 30.1 Å². The molecule has 0 bridgehead atoms. The van der Waals surface area contributed by atoms with Crippen molar-refractivity contribution in [2.45, 2.75) is 96.9 Å². The Hall–Kier alpha value is -0.250. The van der Waals surface area contributed by atoms with Gasteiger partial charge in [0.1, 0.15) is 0 Å². The Bertz CT molecular complexity index is 822. The first-order chi connectivity index (χ1) is 15.9. The molecule has 4 aliphatic carbocycles. The molecule has 8 heteroatoms. The number of hydrogen-bond acceptors (Lipinski definition) is 6. The Morgan fingerprint density at radius 3 is 2.29 bits per heavy atom. The van der Waals surface area contributed by atoms with Crippen LogP contribution in [0.5, 0.6) is 0 Å². The van der Waals surface area contributed by atoms with Crippen LogP contribution in [0.4, 0.5) is 0 Å². The molecule has 0 heterocycles. The first-order valence-corrected chi connectivity index (χ1v) is 15.2. The highest BCUT2D eigenvalue weighted by atomic mass is 32.2. The molecule has 5 N–H and O–H groups in total. The third kappa shape index (κ3) is 4.84. The van der Waals surface area contributed by atoms with Crippen molar-refractivity contribution in [1.82, 2.24) is 5.32 Å². The van der Waals surface area contributed by atoms with Crippen LogP contribution in [0.1, 0.15) is 78.6 Å². The van der Waals surface area contributed by atoms with Crippen LogP contribution in [-0.4, -0.2) is 65.4 Å². The standard InChI is InChI=1S/C26H47NO6S/c1-16(5-4-12-27-13-14-34(31,32)33)18-6-7-19-22-20(9-11-25(18,19)2)26(3)10-8-17(28)15-21(26)23(29)24(22)30/h16-24,27-30H,4-15H2,1-3H3,(H,31,32,33)/t16?,17-,18?,19?,20?,21+,22?,23+,24-,25-,26-/m1/s1. The third-order valence-electron chi connectivity index (χ3n) is 11.0. The van der Waals surface area contributed by atoms with Crippen molar-refractivity contribution in [2.24, 2.45) is 46.3 Å². The van der Waals surface area contributed by atoms with Gasteiger partial charge in [0.2, 0.25) is 0 Å². The lowest BCUT2D eigenvalue weighted by molar-refractivity contribution is -0.223. The van der Waals surface area contributed by atoms with Gasteiger partial charge in [0.05, 0.1) is 24.1 Å². The van der Waals surface area contributed by atoms with E-state index in [9.17, 15) is 23.7 Å². The third-order valence-corrected chi connectivity index (χ3v) is 11.8. The average Bonchev–Trinajstić information content (AvgIpc) is 3.11. The fraction of sp³-hybridized carbons (Fsp3) is 1.00. The van der Waals surface area contributed by atoms with E-state index in [1.807, 2.05) is 0 Å². The number of rotatable bonds is 8. The lowest BCUT2D eigenvalue weighted by atomic mass is 9.43. The maximum absolute atomic E-state index is 11.4. The Morgan fingerprint density at radius 1 is 0.912 bits per heavy atom. The maximum Gasteiger partial charge on any atom is 0.266 e. The van der Waals surface area contributed by atoms with E-state index in [1.165, 1.54) is 12.8 Å². The minimum Gasteiger partial charge on any atom is -0.393 e. The van der Waals surface area contributed by atoms with Crippen molar-refractivity contribution in [3.8, 4) is 0 Å². The SMILES string of the molecule is CC(CCCNCCS(=O)(=O)O)C1CCC2C3C(CC[C@]12C)[C@@]1(C)CC[C@@H](O)C[C@H]1[C@H](O)[C@@H]3O. The van der Waals surface area contributed by atoms with Crippen LogP contribution < -0.4 is 5.32 Å². The molecule has 0 aliphatic heterocycles. The Kier molecular flexibility index (Phi) is 7.80. The molecule has 11 atom stereocenters. The van der Waals surface area contributed by atoms with Gasteiger partial charge < -0.3 is 20.6 Å². The van der Waals surface area contributed by atoms with Gasteiger partial charge in [-0.2, -0.15) is 8.42 Å². The van der Waals surface area contributed by atoms with E-state index in [1.54, 1.807) is 0 Å². The highest BCUT2D eigenvalue weighted by Gasteiger charge is 2.65. The molecule has 0 aromatic heterocycles. The molecular weight excluding hydrogens is 454 g/mol. The van der Waals surface area contributed by atoms with Crippen LogP contribution >= 0.6 is 0 Å². The van der Waals surface area contributed by atoms with Crippen LogP contribution in [0.3, 0.4) is 0 Å². The Balaban J connectivity index is 1.40. The molecule has 4 rings (SSSR count). The zero-order valence-corrected chi connectivity index (χ0v) is 22.0. The summed E-state index contributed by atoms with van der Waals surface area (Å²) in [6.45, 7) is 8.12. The first-order valence-electron chi connectivity index (χ1n) is 13.6. The molecule has 0 amide bonds. The fourth-order valence-corrected chi connectivity index (χ4v) is 9.69. The molecule has 0 radical (unpaired) electrons. The highest BCUT2D eigenvalue weighted by molar-refractivity contribution is 7.85. The predicted molar refractivity (Wildman–Crippen MR) is 132 cm³/mol. The number of hydrogen-bond donors (Lipinski definition) is 5. The smallest absolute Gasteiger partial charge is 0.266 e. The summed E-state index contributed by atoms with van der Waals surface area (Å²) >= 11 is 0. The van der Waals surface area contributed by atoms with E-state index in [0.717, 1.165) is 45.1 Å². The van der Waals surface area contributed by atoms with Crippen LogP contribution in [0.2, 0.25) is 0 Å². The number of fused-ring (bicyclic) bond motifs is 5. The van der Waals surface area contributed by atoms with Crippen molar-refractivity contribution >= 4 is 10.1 Å². The maximum atomic E-state index is 11.4. The van der Waals surface area contributed by atoms with Gasteiger partial charge in [-0.05, 0) is 111 Å². The largest absolute Gasteiger partial charge is 0.393 e. The van der Waals surface area contributed by atoms with Gasteiger partial charge in [-0.1, -0.05) is 20.8 Å². The molecule has 34 heavy (non-hydrogen) atoms. The lowest BCUT2D eigenvalue weighted by Gasteiger charge is -2.63. The second kappa shape index (κ2) is 9.90. The van der Waals surface area contributed by atoms with E-state index in [4.69, 9.17) is 4.55 Å². The van der Waals surface area contributed by atoms with E-state index < -0.39 is 22.3 Å². The summed E-state index contributed by atoms with van der Waals surface area (Å²) in [6.07, 6.45) is 7.17. The van der Waals surface area contributed by atoms with Gasteiger partial charge in [0.25, 0.3) is 10.1 Å². The highest BCUT2D eigenvalue weighted by Crippen LogP contribution is 2.68. The zero-order valence-electron chi connectivity index (χ0n) is 21.2. The molecule has 0 aromatic carbocycles. The molecule has 198 valence electrons. The van der Waals surface area contributed by atoms with E-state index in [-0.39, 0.29) is 41.1 Å². The van der Waals surface area contributed by atoms with Gasteiger partial charge >= 0.3 is 0 Å². The average molecular weight is 502 g/mol. The number of aliphatic hydroxyl groups excluding tert-OH is 3. The molecule has 7 nitrogen and oxygen atoms in total. The van der Waals surface area contributed by atoms with Crippen LogP contribution in [-0.2, 0) is 10.1 Å². The van der Waals surface area contributed by atoms with Crippen molar-refractivity contribution in [3.63, 3.8) is 0 Å². The Labute approximate surface area is 205 Å². The summed E-state index contributed by atoms with van der Waals surface area (Å²) in [5.41, 5.74) is 0.179. The van der Waals surface area contributed by atoms with Crippen LogP contribution in [0, 0.1) is 46.3 Å². The molecule has 0 aromatic rings. The summed E-state index contributed by atoms with van der Waals surface area (Å²) in [7, 11) is -3.91. The minimum absolute atomic E-state index is 0.00128. The van der Waals surface area contributed by atoms with Crippen molar-refractivity contribution in [2.75, 3.05) is 18.8 Å². The lowest BCUT2D eigenvalue weighted by Crippen LogP contribution is -2.64. The summed E-state index contributed by atoms with van der Waals surface area (Å²) in [6, 6.07) is 0. The van der Waals surface area contributed by atoms with E-state index >= 15 is 0 Å². The van der Waals surface area contributed by atoms with Gasteiger partial charge in [-0.15, -0.1) is 0 Å². The Morgan fingerprint density at radius 2 is 1.59 bits per heavy atom. The van der Waals surface area contributed by atoms with Crippen molar-refractivity contribution < 1.29 is 28.3 Å². The minimum atomic E-state index is -3.91. The zero-order chi connectivity index (χ0) is 24.9. The van der Waals surface area contributed by atoms with Gasteiger partial charge in [-0.25, -0.2) is 0 Å². The molecule has 0 spiro atoms. The second-order valence-corrected chi connectivity index (χ2v) is 14.3. The van der Waals surface area contributed by atoms with Gasteiger partial charge in [0, 0.05) is 6.54 Å². The number of aliphatic hydroxyl groups is 3. The summed E-state index contributed by atoms with van der Waals surface area (Å²) in [4.78, 5) is 0. The van der Waals surface area contributed by atoms with Crippen LogP contribution in [0.25, 0.3) is 0 Å². The van der Waals surface area contributed by atoms with E-state index in [2.05, 4.69) is 26.1 Å². The summed E-state index contributed by atoms with van der Waals surface area (Å²) < 4.78 is 30.5. The van der Waals surface area contributed by atoms with Gasteiger partial charge in [0.15, 0.2) is 0 Å². The fourth-order valence-electron chi connectivity index (χ4n) is 9.29. The topological polar surface area (TPSA) is 127 Å². The molecule has 4 fully saturated rings. The summed E-state index contributed by atoms with van der Waals surface area (Å²) in [5.74, 6) is 1.88. The van der Waals surface area contributed by atoms with Crippen molar-refractivity contribution in [1.29, 1.82) is 0 Å². The molecule has 4 saturated carbocycles. The normalized spacial score (nSPS) is 47.5. The monoisotopic (exact) mass is 501 g/mol. The second-order valence-electron chi connectivity index (χ2n) is 12.7. The predicted octanol–water partition coefficient (Wildman–Crippen LogP) is 2.84.